The van der Waals surface area contributed by atoms with Gasteiger partial charge in [0.2, 0.25) is 0 Å². The molecule has 4 rings (SSSR count). The molecule has 0 N–H and O–H groups in total. The molecule has 0 spiro atoms. The van der Waals surface area contributed by atoms with Crippen LogP contribution in [-0.4, -0.2) is 0 Å². The maximum Gasteiger partial charge on any atom is 0.426 e. The Morgan fingerprint density at radius 1 is 0.757 bits per heavy atom. The lowest BCUT2D eigenvalue weighted by Crippen LogP contribution is -2.26. The third kappa shape index (κ3) is 7.48. The lowest BCUT2D eigenvalue weighted by molar-refractivity contribution is -0.185. The van der Waals surface area contributed by atoms with Crippen LogP contribution in [0.5, 0.6) is 5.75 Å². The summed E-state index contributed by atoms with van der Waals surface area (Å²) in [5.41, 5.74) is 0.553. The zero-order valence-corrected chi connectivity index (χ0v) is 21.8. The van der Waals surface area contributed by atoms with Crippen molar-refractivity contribution < 1.29 is 26.7 Å². The molecule has 0 unspecified atom stereocenters. The van der Waals surface area contributed by atoms with Gasteiger partial charge in [-0.05, 0) is 79.9 Å². The summed E-state index contributed by atoms with van der Waals surface area (Å²) in [6.07, 6.45) is 13.0. The highest BCUT2D eigenvalue weighted by atomic mass is 19.3. The van der Waals surface area contributed by atoms with Crippen LogP contribution in [0.15, 0.2) is 36.4 Å². The fourth-order valence-corrected chi connectivity index (χ4v) is 6.42. The van der Waals surface area contributed by atoms with E-state index in [0.717, 1.165) is 36.2 Å². The predicted molar refractivity (Wildman–Crippen MR) is 136 cm³/mol. The number of benzene rings is 2. The van der Waals surface area contributed by atoms with Gasteiger partial charge in [0.15, 0.2) is 17.5 Å². The summed E-state index contributed by atoms with van der Waals surface area (Å²) in [7, 11) is 0. The Bertz CT molecular complexity index is 966. The molecule has 2 fully saturated rings. The van der Waals surface area contributed by atoms with Crippen LogP contribution in [0.1, 0.15) is 95.1 Å². The highest BCUT2D eigenvalue weighted by molar-refractivity contribution is 5.29. The van der Waals surface area contributed by atoms with Gasteiger partial charge in [-0.15, -0.1) is 0 Å². The third-order valence-corrected chi connectivity index (χ3v) is 8.75. The maximum atomic E-state index is 14.5. The highest BCUT2D eigenvalue weighted by Gasteiger charge is 2.35. The van der Waals surface area contributed by atoms with Crippen molar-refractivity contribution in [3.63, 3.8) is 0 Å². The van der Waals surface area contributed by atoms with Crippen LogP contribution in [0.2, 0.25) is 0 Å². The molecule has 2 aliphatic carbocycles. The van der Waals surface area contributed by atoms with Crippen LogP contribution >= 0.6 is 0 Å². The first-order valence-corrected chi connectivity index (χ1v) is 14.1. The lowest BCUT2D eigenvalue weighted by atomic mass is 9.68. The van der Waals surface area contributed by atoms with E-state index >= 15 is 0 Å². The lowest BCUT2D eigenvalue weighted by Gasteiger charge is -2.38. The highest BCUT2D eigenvalue weighted by Crippen LogP contribution is 2.43. The van der Waals surface area contributed by atoms with E-state index in [9.17, 15) is 22.0 Å². The fraction of sp³-hybridized carbons (Fsp3) is 0.613. The monoisotopic (exact) mass is 522 g/mol. The minimum absolute atomic E-state index is 0.411. The van der Waals surface area contributed by atoms with E-state index in [0.29, 0.717) is 18.1 Å². The molecular weight excluding hydrogens is 483 g/mol. The van der Waals surface area contributed by atoms with Crippen molar-refractivity contribution in [2.75, 3.05) is 0 Å². The van der Waals surface area contributed by atoms with Gasteiger partial charge in [-0.1, -0.05) is 64.0 Å². The van der Waals surface area contributed by atoms with Gasteiger partial charge < -0.3 is 4.74 Å². The van der Waals surface area contributed by atoms with Crippen LogP contribution in [0.4, 0.5) is 22.0 Å². The predicted octanol–water partition coefficient (Wildman–Crippen LogP) is 9.97. The molecule has 6 heteroatoms. The van der Waals surface area contributed by atoms with Crippen LogP contribution in [0, 0.1) is 41.1 Å². The van der Waals surface area contributed by atoms with E-state index in [4.69, 9.17) is 0 Å². The van der Waals surface area contributed by atoms with Gasteiger partial charge >= 0.3 is 6.11 Å². The van der Waals surface area contributed by atoms with E-state index in [1.54, 1.807) is 12.1 Å². The number of halogens is 5. The smallest absolute Gasteiger partial charge is 0.426 e. The standard InChI is InChI=1S/C31H39F5O/c1-2-3-4-21-7-13-24(14-8-21)25-15-9-22(10-16-25)5-6-23-11-17-26(18-12-23)31(35,36)37-27-19-28(32)30(34)29(33)20-27/h11-12,17-22,24-25H,2-10,13-16H2,1H3/t21-,22?,24-,25?. The molecule has 2 aromatic carbocycles. The second kappa shape index (κ2) is 12.6. The van der Waals surface area contributed by atoms with E-state index in [1.807, 2.05) is 0 Å². The van der Waals surface area contributed by atoms with Gasteiger partial charge in [0.1, 0.15) is 5.75 Å². The minimum atomic E-state index is -3.80. The van der Waals surface area contributed by atoms with Crippen molar-refractivity contribution in [2.24, 2.45) is 23.7 Å². The van der Waals surface area contributed by atoms with Gasteiger partial charge in [0.05, 0.1) is 5.56 Å². The SMILES string of the molecule is CCCC[C@H]1CC[C@H](C2CCC(CCc3ccc(C(F)(F)Oc4cc(F)c(F)c(F)c4)cc3)CC2)CC1. The first-order chi connectivity index (χ1) is 17.7. The Morgan fingerprint density at radius 3 is 1.78 bits per heavy atom. The summed E-state index contributed by atoms with van der Waals surface area (Å²) in [5.74, 6) is -2.21. The third-order valence-electron chi connectivity index (χ3n) is 8.75. The zero-order chi connectivity index (χ0) is 26.4. The molecule has 0 heterocycles. The molecule has 1 nitrogen and oxygen atoms in total. The summed E-state index contributed by atoms with van der Waals surface area (Å²) < 4.78 is 73.3. The van der Waals surface area contributed by atoms with Gasteiger partial charge in [-0.2, -0.15) is 8.78 Å². The Hall–Kier alpha value is -2.11. The van der Waals surface area contributed by atoms with Crippen LogP contribution in [0.25, 0.3) is 0 Å². The van der Waals surface area contributed by atoms with Crippen molar-refractivity contribution in [1.82, 2.24) is 0 Å². The number of ether oxygens (including phenoxy) is 1. The summed E-state index contributed by atoms with van der Waals surface area (Å²) >= 11 is 0. The minimum Gasteiger partial charge on any atom is -0.429 e. The Labute approximate surface area is 217 Å². The van der Waals surface area contributed by atoms with Gasteiger partial charge in [0.25, 0.3) is 0 Å². The number of aryl methyl sites for hydroxylation is 1. The number of hydrogen-bond donors (Lipinski definition) is 0. The molecule has 0 aromatic heterocycles. The molecule has 0 bridgehead atoms. The molecule has 0 saturated heterocycles. The summed E-state index contributed by atoms with van der Waals surface area (Å²) in [4.78, 5) is 0. The molecule has 0 radical (unpaired) electrons. The zero-order valence-electron chi connectivity index (χ0n) is 21.8. The number of hydrogen-bond acceptors (Lipinski definition) is 1. The number of alkyl halides is 2. The van der Waals surface area contributed by atoms with Crippen LogP contribution < -0.4 is 4.74 Å². The summed E-state index contributed by atoms with van der Waals surface area (Å²) in [6, 6.07) is 6.68. The van der Waals surface area contributed by atoms with Crippen molar-refractivity contribution in [3.05, 3.63) is 65.0 Å². The topological polar surface area (TPSA) is 9.23 Å². The Balaban J connectivity index is 1.21. The first-order valence-electron chi connectivity index (χ1n) is 14.1. The number of rotatable bonds is 10. The number of unbranched alkanes of at least 4 members (excludes halogenated alkanes) is 1. The van der Waals surface area contributed by atoms with E-state index in [-0.39, 0.29) is 0 Å². The average molecular weight is 523 g/mol. The second-order valence-electron chi connectivity index (χ2n) is 11.3. The van der Waals surface area contributed by atoms with Gasteiger partial charge in [-0.25, -0.2) is 13.2 Å². The van der Waals surface area contributed by atoms with E-state index in [1.165, 1.54) is 82.8 Å². The van der Waals surface area contributed by atoms with Gasteiger partial charge in [0, 0.05) is 12.1 Å². The van der Waals surface area contributed by atoms with Crippen LogP contribution in [-0.2, 0) is 12.5 Å². The molecule has 0 atom stereocenters. The molecule has 37 heavy (non-hydrogen) atoms. The quantitative estimate of drug-likeness (QED) is 0.223. The molecule has 0 amide bonds. The maximum absolute atomic E-state index is 14.5. The summed E-state index contributed by atoms with van der Waals surface area (Å²) in [6.45, 7) is 2.28. The second-order valence-corrected chi connectivity index (χ2v) is 11.3. The molecule has 2 aromatic rings. The average Bonchev–Trinajstić information content (AvgIpc) is 2.90. The first kappa shape index (κ1) is 27.9. The van der Waals surface area contributed by atoms with E-state index < -0.39 is 34.9 Å². The molecule has 2 saturated carbocycles. The van der Waals surface area contributed by atoms with Crippen molar-refractivity contribution >= 4 is 0 Å². The Kier molecular flexibility index (Phi) is 9.52. The Morgan fingerprint density at radius 2 is 1.27 bits per heavy atom. The van der Waals surface area contributed by atoms with Crippen molar-refractivity contribution in [2.45, 2.75) is 96.5 Å². The van der Waals surface area contributed by atoms with Gasteiger partial charge in [-0.3, -0.25) is 0 Å². The molecular formula is C31H39F5O. The fourth-order valence-electron chi connectivity index (χ4n) is 6.42. The normalized spacial score (nSPS) is 24.7. The molecule has 204 valence electrons. The van der Waals surface area contributed by atoms with Crippen LogP contribution in [0.3, 0.4) is 0 Å². The van der Waals surface area contributed by atoms with E-state index in [2.05, 4.69) is 11.7 Å². The van der Waals surface area contributed by atoms with Crippen molar-refractivity contribution in [3.8, 4) is 5.75 Å². The largest absolute Gasteiger partial charge is 0.429 e. The summed E-state index contributed by atoms with van der Waals surface area (Å²) in [5, 5.41) is 0. The van der Waals surface area contributed by atoms with Crippen molar-refractivity contribution in [1.29, 1.82) is 0 Å². The molecule has 2 aliphatic rings. The molecule has 0 aliphatic heterocycles.